The van der Waals surface area contributed by atoms with E-state index < -0.39 is 0 Å². The summed E-state index contributed by atoms with van der Waals surface area (Å²) in [6.07, 6.45) is 11.1. The van der Waals surface area contributed by atoms with Gasteiger partial charge in [0.05, 0.1) is 10.4 Å². The molecular formula is C22H22N4O2. The van der Waals surface area contributed by atoms with Crippen molar-refractivity contribution in [2.45, 2.75) is 44.6 Å². The van der Waals surface area contributed by atoms with Gasteiger partial charge in [-0.1, -0.05) is 37.8 Å². The minimum absolute atomic E-state index is 0.125. The van der Waals surface area contributed by atoms with E-state index in [2.05, 4.69) is 26.7 Å². The van der Waals surface area contributed by atoms with E-state index in [1.165, 1.54) is 31.2 Å². The van der Waals surface area contributed by atoms with E-state index in [9.17, 15) is 10.1 Å². The van der Waals surface area contributed by atoms with Crippen LogP contribution in [0.4, 0.5) is 5.69 Å². The number of nitrogens with one attached hydrogen (secondary N) is 1. The smallest absolute Gasteiger partial charge is 0.270 e. The molecule has 0 radical (unpaired) electrons. The molecule has 0 spiro atoms. The minimum Gasteiger partial charge on any atom is -0.346 e. The molecule has 0 unspecified atom stereocenters. The van der Waals surface area contributed by atoms with E-state index in [0.717, 1.165) is 40.5 Å². The monoisotopic (exact) mass is 374 g/mol. The highest BCUT2D eigenvalue weighted by Crippen LogP contribution is 2.39. The second-order valence-electron chi connectivity index (χ2n) is 7.65. The second-order valence-corrected chi connectivity index (χ2v) is 7.65. The van der Waals surface area contributed by atoms with Gasteiger partial charge in [0.15, 0.2) is 0 Å². The molecule has 0 aliphatic heterocycles. The molecule has 0 saturated heterocycles. The number of aromatic amines is 1. The molecule has 1 aliphatic carbocycles. The highest BCUT2D eigenvalue weighted by atomic mass is 16.6. The molecule has 142 valence electrons. The predicted octanol–water partition coefficient (Wildman–Crippen LogP) is 5.99. The molecule has 1 saturated carbocycles. The van der Waals surface area contributed by atoms with Crippen LogP contribution in [0.3, 0.4) is 0 Å². The number of nitro benzene ring substituents is 1. The summed E-state index contributed by atoms with van der Waals surface area (Å²) in [5, 5.41) is 13.5. The third-order valence-corrected chi connectivity index (χ3v) is 5.92. The van der Waals surface area contributed by atoms with Crippen LogP contribution in [0.2, 0.25) is 0 Å². The Bertz CT molecular complexity index is 1170. The Morgan fingerprint density at radius 1 is 1.11 bits per heavy atom. The zero-order valence-corrected chi connectivity index (χ0v) is 15.6. The third kappa shape index (κ3) is 2.76. The average molecular weight is 374 g/mol. The Morgan fingerprint density at radius 2 is 1.93 bits per heavy atom. The summed E-state index contributed by atoms with van der Waals surface area (Å²) in [5.74, 6) is 0. The lowest BCUT2D eigenvalue weighted by atomic mass is 10.1. The molecule has 5 rings (SSSR count). The van der Waals surface area contributed by atoms with Crippen LogP contribution in [-0.2, 0) is 0 Å². The summed E-state index contributed by atoms with van der Waals surface area (Å²) < 4.78 is 2.43. The molecule has 0 bridgehead atoms. The standard InChI is InChI=1S/C22H22N4O2/c27-26(28)18-9-5-6-15(12-18)20-13-16-14-24-22-19(10-11-23-22)21(16)25(20)17-7-3-1-2-4-8-17/h5-6,9-14,17H,1-4,7-8H2,(H,23,24). The zero-order valence-electron chi connectivity index (χ0n) is 15.6. The first-order valence-corrected chi connectivity index (χ1v) is 9.94. The summed E-state index contributed by atoms with van der Waals surface area (Å²) >= 11 is 0. The molecule has 28 heavy (non-hydrogen) atoms. The number of rotatable bonds is 3. The minimum atomic E-state index is -0.325. The van der Waals surface area contributed by atoms with Crippen LogP contribution >= 0.6 is 0 Å². The molecule has 1 aliphatic rings. The summed E-state index contributed by atoms with van der Waals surface area (Å²) in [6, 6.07) is 11.6. The molecule has 1 fully saturated rings. The number of pyridine rings is 1. The van der Waals surface area contributed by atoms with Crippen molar-refractivity contribution >= 4 is 27.6 Å². The van der Waals surface area contributed by atoms with Crippen molar-refractivity contribution in [1.82, 2.24) is 14.5 Å². The quantitative estimate of drug-likeness (QED) is 0.272. The second kappa shape index (κ2) is 6.78. The first-order valence-electron chi connectivity index (χ1n) is 9.94. The van der Waals surface area contributed by atoms with Crippen LogP contribution in [0.5, 0.6) is 0 Å². The Hall–Kier alpha value is -3.15. The highest BCUT2D eigenvalue weighted by molar-refractivity contribution is 6.05. The van der Waals surface area contributed by atoms with E-state index in [-0.39, 0.29) is 10.6 Å². The lowest BCUT2D eigenvalue weighted by Gasteiger charge is -2.22. The van der Waals surface area contributed by atoms with Crippen LogP contribution in [0, 0.1) is 10.1 Å². The van der Waals surface area contributed by atoms with Crippen LogP contribution in [0.15, 0.2) is 48.8 Å². The van der Waals surface area contributed by atoms with Crippen molar-refractivity contribution in [3.63, 3.8) is 0 Å². The number of H-pyrrole nitrogens is 1. The fourth-order valence-corrected chi connectivity index (χ4v) is 4.62. The van der Waals surface area contributed by atoms with Gasteiger partial charge in [-0.05, 0) is 25.0 Å². The molecule has 6 heteroatoms. The Balaban J connectivity index is 1.79. The maximum atomic E-state index is 11.3. The summed E-state index contributed by atoms with van der Waals surface area (Å²) in [7, 11) is 0. The van der Waals surface area contributed by atoms with Gasteiger partial charge in [-0.2, -0.15) is 0 Å². The van der Waals surface area contributed by atoms with Gasteiger partial charge >= 0.3 is 0 Å². The van der Waals surface area contributed by atoms with Gasteiger partial charge in [-0.15, -0.1) is 0 Å². The summed E-state index contributed by atoms with van der Waals surface area (Å²) in [4.78, 5) is 18.8. The summed E-state index contributed by atoms with van der Waals surface area (Å²) in [6.45, 7) is 0. The molecule has 1 aromatic carbocycles. The number of non-ortho nitro benzene ring substituents is 1. The molecule has 6 nitrogen and oxygen atoms in total. The van der Waals surface area contributed by atoms with Gasteiger partial charge in [0, 0.05) is 52.6 Å². The van der Waals surface area contributed by atoms with E-state index >= 15 is 0 Å². The largest absolute Gasteiger partial charge is 0.346 e. The maximum absolute atomic E-state index is 11.3. The number of aromatic nitrogens is 3. The van der Waals surface area contributed by atoms with Crippen molar-refractivity contribution in [3.05, 3.63) is 58.9 Å². The molecular weight excluding hydrogens is 352 g/mol. The Morgan fingerprint density at radius 3 is 2.71 bits per heavy atom. The lowest BCUT2D eigenvalue weighted by molar-refractivity contribution is -0.384. The van der Waals surface area contributed by atoms with Gasteiger partial charge in [0.1, 0.15) is 5.65 Å². The highest BCUT2D eigenvalue weighted by Gasteiger charge is 2.23. The molecule has 0 atom stereocenters. The van der Waals surface area contributed by atoms with Crippen molar-refractivity contribution in [1.29, 1.82) is 0 Å². The normalized spacial score (nSPS) is 15.9. The number of nitrogens with zero attached hydrogens (tertiary/aromatic N) is 3. The van der Waals surface area contributed by atoms with Crippen LogP contribution in [0.1, 0.15) is 44.6 Å². The van der Waals surface area contributed by atoms with E-state index in [1.54, 1.807) is 18.2 Å². The maximum Gasteiger partial charge on any atom is 0.270 e. The topological polar surface area (TPSA) is 76.8 Å². The Labute approximate surface area is 162 Å². The molecule has 3 aromatic heterocycles. The lowest BCUT2D eigenvalue weighted by Crippen LogP contribution is -2.09. The number of hydrogen-bond donors (Lipinski definition) is 1. The number of nitro groups is 1. The van der Waals surface area contributed by atoms with Crippen molar-refractivity contribution in [3.8, 4) is 11.3 Å². The fourth-order valence-electron chi connectivity index (χ4n) is 4.62. The van der Waals surface area contributed by atoms with Gasteiger partial charge in [-0.25, -0.2) is 4.98 Å². The fraction of sp³-hybridized carbons (Fsp3) is 0.318. The van der Waals surface area contributed by atoms with Crippen molar-refractivity contribution in [2.75, 3.05) is 0 Å². The first kappa shape index (κ1) is 17.0. The number of hydrogen-bond acceptors (Lipinski definition) is 3. The summed E-state index contributed by atoms with van der Waals surface area (Å²) in [5.41, 5.74) is 4.12. The van der Waals surface area contributed by atoms with E-state index in [4.69, 9.17) is 0 Å². The van der Waals surface area contributed by atoms with Gasteiger partial charge < -0.3 is 9.55 Å². The molecule has 0 amide bonds. The van der Waals surface area contributed by atoms with E-state index in [1.807, 2.05) is 18.5 Å². The molecule has 4 aromatic rings. The van der Waals surface area contributed by atoms with Crippen LogP contribution < -0.4 is 0 Å². The third-order valence-electron chi connectivity index (χ3n) is 5.92. The van der Waals surface area contributed by atoms with Crippen LogP contribution in [-0.4, -0.2) is 19.5 Å². The van der Waals surface area contributed by atoms with Gasteiger partial charge in [-0.3, -0.25) is 10.1 Å². The number of benzene rings is 1. The first-order chi connectivity index (χ1) is 13.7. The number of fused-ring (bicyclic) bond motifs is 3. The molecule has 3 heterocycles. The van der Waals surface area contributed by atoms with Crippen molar-refractivity contribution < 1.29 is 4.92 Å². The van der Waals surface area contributed by atoms with Gasteiger partial charge in [0.2, 0.25) is 0 Å². The predicted molar refractivity (Wildman–Crippen MR) is 110 cm³/mol. The zero-order chi connectivity index (χ0) is 19.1. The van der Waals surface area contributed by atoms with Gasteiger partial charge in [0.25, 0.3) is 5.69 Å². The van der Waals surface area contributed by atoms with Crippen LogP contribution in [0.25, 0.3) is 33.2 Å². The Kier molecular flexibility index (Phi) is 4.11. The average Bonchev–Trinajstić information content (AvgIpc) is 3.24. The van der Waals surface area contributed by atoms with E-state index in [0.29, 0.717) is 6.04 Å². The molecule has 1 N–H and O–H groups in total. The SMILES string of the molecule is O=[N+]([O-])c1cccc(-c2cc3cnc4[nH]ccc4c3n2C2CCCCCC2)c1. The van der Waals surface area contributed by atoms with Crippen molar-refractivity contribution in [2.24, 2.45) is 0 Å².